The van der Waals surface area contributed by atoms with Crippen molar-refractivity contribution >= 4 is 33.8 Å². The molecule has 0 aromatic heterocycles. The van der Waals surface area contributed by atoms with Crippen LogP contribution < -0.4 is 10.5 Å². The summed E-state index contributed by atoms with van der Waals surface area (Å²) in [6.45, 7) is 5.88. The van der Waals surface area contributed by atoms with Gasteiger partial charge in [0.1, 0.15) is 23.8 Å². The van der Waals surface area contributed by atoms with Crippen LogP contribution in [0.2, 0.25) is 0 Å². The highest BCUT2D eigenvalue weighted by atomic mass is 32.2. The molecule has 2 aromatic rings. The van der Waals surface area contributed by atoms with Crippen LogP contribution in [0.3, 0.4) is 0 Å². The summed E-state index contributed by atoms with van der Waals surface area (Å²) in [5.41, 5.74) is 8.24. The molecule has 2 saturated heterocycles. The number of thioether (sulfide) groups is 1. The maximum atomic E-state index is 12.4. The van der Waals surface area contributed by atoms with Gasteiger partial charge < -0.3 is 20.1 Å². The SMILES string of the molecule is C=C1CS[C@H]2[C@H](N)C(=O)N2C1C(=O)OCc1ccc(OC)cc1.Cc1ccc(S(=O)(=O)O)cc1. The molecule has 3 N–H and O–H groups in total. The standard InChI is InChI=1S/C16H18N2O4S.C7H8O3S/c1-9-8-23-15-12(17)14(19)18(15)13(9)16(20)22-7-10-3-5-11(21-2)6-4-10;1-6-2-4-7(5-3-6)11(8,9)10/h3-6,12-13,15H,1,7-8,17H2,2H3;2-5H,1H3,(H,8,9,10)/t12-,13?,15+;/m1./s1. The van der Waals surface area contributed by atoms with Crippen molar-refractivity contribution in [1.29, 1.82) is 0 Å². The smallest absolute Gasteiger partial charge is 0.333 e. The van der Waals surface area contributed by atoms with Crippen LogP contribution >= 0.6 is 11.8 Å². The molecule has 0 aliphatic carbocycles. The molecular weight excluding hydrogens is 480 g/mol. The maximum Gasteiger partial charge on any atom is 0.333 e. The highest BCUT2D eigenvalue weighted by Crippen LogP contribution is 2.39. The van der Waals surface area contributed by atoms with Gasteiger partial charge in [-0.3, -0.25) is 9.35 Å². The quantitative estimate of drug-likeness (QED) is 0.270. The minimum Gasteiger partial charge on any atom is -0.497 e. The molecule has 0 saturated carbocycles. The van der Waals surface area contributed by atoms with Crippen molar-refractivity contribution in [2.45, 2.75) is 35.9 Å². The zero-order chi connectivity index (χ0) is 25.0. The number of hydrogen-bond acceptors (Lipinski definition) is 8. The van der Waals surface area contributed by atoms with Crippen molar-refractivity contribution < 1.29 is 32.0 Å². The summed E-state index contributed by atoms with van der Waals surface area (Å²) in [6, 6.07) is 12.0. The van der Waals surface area contributed by atoms with Gasteiger partial charge in [0.05, 0.1) is 12.0 Å². The molecule has 3 atom stereocenters. The molecule has 4 rings (SSSR count). The molecule has 11 heteroatoms. The van der Waals surface area contributed by atoms with Crippen LogP contribution in [0.1, 0.15) is 11.1 Å². The van der Waals surface area contributed by atoms with Crippen LogP contribution in [-0.4, -0.2) is 60.1 Å². The summed E-state index contributed by atoms with van der Waals surface area (Å²) < 4.78 is 40.0. The number of aryl methyl sites for hydroxylation is 1. The average molecular weight is 507 g/mol. The molecule has 2 fully saturated rings. The van der Waals surface area contributed by atoms with E-state index >= 15 is 0 Å². The maximum absolute atomic E-state index is 12.4. The van der Waals surface area contributed by atoms with E-state index in [1.54, 1.807) is 31.4 Å². The molecule has 2 heterocycles. The van der Waals surface area contributed by atoms with Crippen LogP contribution in [0.15, 0.2) is 65.6 Å². The highest BCUT2D eigenvalue weighted by molar-refractivity contribution is 8.00. The Kier molecular flexibility index (Phi) is 8.03. The first-order chi connectivity index (χ1) is 16.0. The Morgan fingerprint density at radius 2 is 1.82 bits per heavy atom. The van der Waals surface area contributed by atoms with E-state index in [1.165, 1.54) is 28.8 Å². The zero-order valence-electron chi connectivity index (χ0n) is 18.7. The number of carbonyl (C=O) groups is 2. The number of nitrogens with two attached hydrogens (primary N) is 1. The number of rotatable bonds is 5. The predicted molar refractivity (Wildman–Crippen MR) is 128 cm³/mol. The van der Waals surface area contributed by atoms with Crippen molar-refractivity contribution in [2.75, 3.05) is 12.9 Å². The second kappa shape index (κ2) is 10.6. The second-order valence-electron chi connectivity index (χ2n) is 7.78. The number of nitrogens with zero attached hydrogens (tertiary/aromatic N) is 1. The molecule has 34 heavy (non-hydrogen) atoms. The number of β-lactam (4-membered cyclic amide) rings is 1. The van der Waals surface area contributed by atoms with E-state index < -0.39 is 28.2 Å². The Hall–Kier alpha value is -2.86. The number of fused-ring (bicyclic) bond motifs is 1. The molecule has 1 amide bonds. The molecule has 2 aromatic carbocycles. The lowest BCUT2D eigenvalue weighted by Gasteiger charge is -2.51. The molecule has 9 nitrogen and oxygen atoms in total. The zero-order valence-corrected chi connectivity index (χ0v) is 20.3. The van der Waals surface area contributed by atoms with Crippen molar-refractivity contribution in [3.63, 3.8) is 0 Å². The third-order valence-electron chi connectivity index (χ3n) is 5.31. The first kappa shape index (κ1) is 25.8. The number of ether oxygens (including phenoxy) is 2. The van der Waals surface area contributed by atoms with Gasteiger partial charge in [0, 0.05) is 5.75 Å². The Morgan fingerprint density at radius 1 is 1.21 bits per heavy atom. The lowest BCUT2D eigenvalue weighted by atomic mass is 9.99. The third kappa shape index (κ3) is 5.79. The minimum absolute atomic E-state index is 0.0666. The van der Waals surface area contributed by atoms with Gasteiger partial charge in [-0.2, -0.15) is 8.42 Å². The van der Waals surface area contributed by atoms with E-state index in [4.69, 9.17) is 19.8 Å². The molecular formula is C23H26N2O7S2. The number of hydrogen-bond donors (Lipinski definition) is 2. The van der Waals surface area contributed by atoms with E-state index in [0.717, 1.165) is 16.9 Å². The fourth-order valence-corrected chi connectivity index (χ4v) is 5.11. The van der Waals surface area contributed by atoms with E-state index in [9.17, 15) is 18.0 Å². The van der Waals surface area contributed by atoms with Crippen LogP contribution in [0, 0.1) is 6.92 Å². The van der Waals surface area contributed by atoms with Crippen LogP contribution in [0.4, 0.5) is 0 Å². The lowest BCUT2D eigenvalue weighted by molar-refractivity contribution is -0.162. The lowest BCUT2D eigenvalue weighted by Crippen LogP contribution is -2.73. The summed E-state index contributed by atoms with van der Waals surface area (Å²) in [7, 11) is -2.43. The van der Waals surface area contributed by atoms with Gasteiger partial charge >= 0.3 is 5.97 Å². The van der Waals surface area contributed by atoms with Crippen LogP contribution in [0.25, 0.3) is 0 Å². The molecule has 182 valence electrons. The van der Waals surface area contributed by atoms with Gasteiger partial charge in [-0.15, -0.1) is 11.8 Å². The molecule has 0 radical (unpaired) electrons. The van der Waals surface area contributed by atoms with E-state index in [1.807, 2.05) is 19.1 Å². The van der Waals surface area contributed by atoms with Crippen LogP contribution in [0.5, 0.6) is 5.75 Å². The number of carbonyl (C=O) groups excluding carboxylic acids is 2. The molecule has 0 spiro atoms. The first-order valence-corrected chi connectivity index (χ1v) is 12.7. The van der Waals surface area contributed by atoms with Crippen molar-refractivity contribution in [3.8, 4) is 5.75 Å². The Morgan fingerprint density at radius 3 is 2.38 bits per heavy atom. The topological polar surface area (TPSA) is 136 Å². The van der Waals surface area contributed by atoms with Gasteiger partial charge in [0.15, 0.2) is 6.04 Å². The highest BCUT2D eigenvalue weighted by Gasteiger charge is 2.54. The normalized spacial score (nSPS) is 21.5. The van der Waals surface area contributed by atoms with E-state index in [2.05, 4.69) is 6.58 Å². The molecule has 0 bridgehead atoms. The van der Waals surface area contributed by atoms with Crippen LogP contribution in [-0.2, 0) is 31.1 Å². The van der Waals surface area contributed by atoms with E-state index in [-0.39, 0.29) is 22.8 Å². The van der Waals surface area contributed by atoms with Gasteiger partial charge in [-0.1, -0.05) is 36.4 Å². The summed E-state index contributed by atoms with van der Waals surface area (Å²) in [6.07, 6.45) is 0. The number of amides is 1. The Labute approximate surface area is 202 Å². The third-order valence-corrected chi connectivity index (χ3v) is 7.57. The number of methoxy groups -OCH3 is 1. The predicted octanol–water partition coefficient (Wildman–Crippen LogP) is 2.15. The monoisotopic (exact) mass is 506 g/mol. The number of esters is 1. The van der Waals surface area contributed by atoms with Crippen molar-refractivity contribution in [3.05, 3.63) is 71.8 Å². The fraction of sp³-hybridized carbons (Fsp3) is 0.304. The van der Waals surface area contributed by atoms with E-state index in [0.29, 0.717) is 11.3 Å². The van der Waals surface area contributed by atoms with Gasteiger partial charge in [-0.05, 0) is 42.3 Å². The van der Waals surface area contributed by atoms with Crippen molar-refractivity contribution in [2.24, 2.45) is 5.73 Å². The Balaban J connectivity index is 0.000000248. The molecule has 2 aliphatic heterocycles. The van der Waals surface area contributed by atoms with Gasteiger partial charge in [0.2, 0.25) is 5.91 Å². The summed E-state index contributed by atoms with van der Waals surface area (Å²) >= 11 is 1.53. The summed E-state index contributed by atoms with van der Waals surface area (Å²) in [5, 5.41) is -0.161. The molecule has 1 unspecified atom stereocenters. The number of benzene rings is 2. The molecule has 2 aliphatic rings. The van der Waals surface area contributed by atoms with Gasteiger partial charge in [-0.25, -0.2) is 4.79 Å². The average Bonchev–Trinajstić information content (AvgIpc) is 2.82. The largest absolute Gasteiger partial charge is 0.497 e. The van der Waals surface area contributed by atoms with Gasteiger partial charge in [0.25, 0.3) is 10.1 Å². The fourth-order valence-electron chi connectivity index (χ4n) is 3.38. The summed E-state index contributed by atoms with van der Waals surface area (Å²) in [4.78, 5) is 25.7. The first-order valence-electron chi connectivity index (χ1n) is 10.2. The Bertz CT molecular complexity index is 1160. The minimum atomic E-state index is -4.02. The van der Waals surface area contributed by atoms with Crippen molar-refractivity contribution in [1.82, 2.24) is 4.90 Å². The summed E-state index contributed by atoms with van der Waals surface area (Å²) in [5.74, 6) is 0.650. The second-order valence-corrected chi connectivity index (χ2v) is 10.3.